The third-order valence-electron chi connectivity index (χ3n) is 4.82. The molecule has 3 aromatic carbocycles. The first-order valence-electron chi connectivity index (χ1n) is 9.98. The minimum absolute atomic E-state index is 0.0414. The molecule has 6 nitrogen and oxygen atoms in total. The van der Waals surface area contributed by atoms with Crippen LogP contribution in [0.25, 0.3) is 10.8 Å². The van der Waals surface area contributed by atoms with Crippen LogP contribution in [-0.4, -0.2) is 23.3 Å². The number of hydrogen-bond donors (Lipinski definition) is 3. The Bertz CT molecular complexity index is 1210. The fourth-order valence-electron chi connectivity index (χ4n) is 3.26. The highest BCUT2D eigenvalue weighted by Crippen LogP contribution is 2.19. The Morgan fingerprint density at radius 1 is 0.839 bits per heavy atom. The van der Waals surface area contributed by atoms with Gasteiger partial charge in [-0.05, 0) is 46.7 Å². The molecule has 0 aliphatic rings. The van der Waals surface area contributed by atoms with E-state index in [-0.39, 0.29) is 18.4 Å². The lowest BCUT2D eigenvalue weighted by atomic mass is 10.1. The van der Waals surface area contributed by atoms with Crippen molar-refractivity contribution < 1.29 is 9.59 Å². The summed E-state index contributed by atoms with van der Waals surface area (Å²) < 4.78 is 0. The average Bonchev–Trinajstić information content (AvgIpc) is 2.82. The van der Waals surface area contributed by atoms with E-state index in [0.29, 0.717) is 17.8 Å². The van der Waals surface area contributed by atoms with Crippen molar-refractivity contribution in [2.75, 3.05) is 17.2 Å². The molecule has 0 saturated carbocycles. The second-order valence-electron chi connectivity index (χ2n) is 7.05. The minimum Gasteiger partial charge on any atom is -0.376 e. The predicted octanol–water partition coefficient (Wildman–Crippen LogP) is 4.22. The Morgan fingerprint density at radius 2 is 1.65 bits per heavy atom. The van der Waals surface area contributed by atoms with Gasteiger partial charge in [-0.3, -0.25) is 14.6 Å². The second-order valence-corrected chi connectivity index (χ2v) is 7.05. The smallest absolute Gasteiger partial charge is 0.253 e. The second kappa shape index (κ2) is 9.54. The normalized spacial score (nSPS) is 10.5. The monoisotopic (exact) mass is 410 g/mol. The number of fused-ring (bicyclic) bond motifs is 1. The summed E-state index contributed by atoms with van der Waals surface area (Å²) in [5.74, 6) is -0.414. The first-order chi connectivity index (χ1) is 15.2. The van der Waals surface area contributed by atoms with Crippen LogP contribution in [0, 0.1) is 0 Å². The van der Waals surface area contributed by atoms with E-state index in [1.807, 2.05) is 60.7 Å². The summed E-state index contributed by atoms with van der Waals surface area (Å²) in [6.45, 7) is 0.420. The van der Waals surface area contributed by atoms with Gasteiger partial charge in [0.15, 0.2) is 0 Å². The number of benzene rings is 3. The summed E-state index contributed by atoms with van der Waals surface area (Å²) in [5.41, 5.74) is 2.72. The molecule has 0 unspecified atom stereocenters. The third-order valence-corrected chi connectivity index (χ3v) is 4.82. The van der Waals surface area contributed by atoms with E-state index in [9.17, 15) is 9.59 Å². The van der Waals surface area contributed by atoms with Crippen LogP contribution in [0.2, 0.25) is 0 Å². The summed E-state index contributed by atoms with van der Waals surface area (Å²) in [6, 6.07) is 24.6. The lowest BCUT2D eigenvalue weighted by Gasteiger charge is -2.13. The third kappa shape index (κ3) is 5.25. The molecule has 154 valence electrons. The van der Waals surface area contributed by atoms with Gasteiger partial charge in [-0.2, -0.15) is 0 Å². The molecule has 0 spiro atoms. The molecule has 6 heteroatoms. The van der Waals surface area contributed by atoms with Gasteiger partial charge >= 0.3 is 0 Å². The number of pyridine rings is 1. The Hall–Kier alpha value is -4.19. The Labute approximate surface area is 180 Å². The predicted molar refractivity (Wildman–Crippen MR) is 123 cm³/mol. The summed E-state index contributed by atoms with van der Waals surface area (Å²) in [7, 11) is 0. The van der Waals surface area contributed by atoms with Crippen molar-refractivity contribution in [2.45, 2.75) is 6.54 Å². The number of para-hydroxylation sites is 1. The number of amides is 2. The first kappa shape index (κ1) is 20.1. The molecule has 0 saturated heterocycles. The van der Waals surface area contributed by atoms with Crippen LogP contribution in [0.3, 0.4) is 0 Å². The summed E-state index contributed by atoms with van der Waals surface area (Å²) in [5, 5.41) is 11.0. The quantitative estimate of drug-likeness (QED) is 0.426. The fraction of sp³-hybridized carbons (Fsp3) is 0.0800. The zero-order valence-corrected chi connectivity index (χ0v) is 16.8. The minimum atomic E-state index is -0.220. The Morgan fingerprint density at radius 3 is 2.48 bits per heavy atom. The number of aromatic nitrogens is 1. The molecule has 1 heterocycles. The van der Waals surface area contributed by atoms with Crippen LogP contribution >= 0.6 is 0 Å². The maximum atomic E-state index is 12.6. The van der Waals surface area contributed by atoms with E-state index in [1.165, 1.54) is 0 Å². The van der Waals surface area contributed by atoms with Crippen LogP contribution in [0.1, 0.15) is 15.9 Å². The molecule has 1 aromatic heterocycles. The number of carbonyl (C=O) groups excluding carboxylic acids is 2. The van der Waals surface area contributed by atoms with Crippen molar-refractivity contribution in [1.82, 2.24) is 10.3 Å². The molecule has 4 aromatic rings. The topological polar surface area (TPSA) is 83.1 Å². The van der Waals surface area contributed by atoms with Crippen molar-refractivity contribution in [3.05, 3.63) is 102 Å². The highest BCUT2D eigenvalue weighted by atomic mass is 16.2. The highest BCUT2D eigenvalue weighted by Gasteiger charge is 2.12. The maximum Gasteiger partial charge on any atom is 0.253 e. The fourth-order valence-corrected chi connectivity index (χ4v) is 3.26. The van der Waals surface area contributed by atoms with Gasteiger partial charge in [0.25, 0.3) is 5.91 Å². The van der Waals surface area contributed by atoms with Crippen molar-refractivity contribution in [3.63, 3.8) is 0 Å². The highest BCUT2D eigenvalue weighted by molar-refractivity contribution is 6.01. The van der Waals surface area contributed by atoms with Crippen LogP contribution in [0.4, 0.5) is 11.4 Å². The van der Waals surface area contributed by atoms with Gasteiger partial charge < -0.3 is 16.0 Å². The molecule has 0 bridgehead atoms. The summed E-state index contributed by atoms with van der Waals surface area (Å²) >= 11 is 0. The molecule has 0 aliphatic carbocycles. The molecule has 2 amide bonds. The van der Waals surface area contributed by atoms with Crippen molar-refractivity contribution in [2.24, 2.45) is 0 Å². The van der Waals surface area contributed by atoms with Crippen LogP contribution in [0.15, 0.2) is 91.3 Å². The van der Waals surface area contributed by atoms with Crippen molar-refractivity contribution >= 4 is 34.0 Å². The van der Waals surface area contributed by atoms with Crippen molar-refractivity contribution in [3.8, 4) is 0 Å². The molecule has 3 N–H and O–H groups in total. The number of hydrogen-bond acceptors (Lipinski definition) is 4. The van der Waals surface area contributed by atoms with E-state index in [1.54, 1.807) is 30.6 Å². The van der Waals surface area contributed by atoms with Gasteiger partial charge in [-0.15, -0.1) is 0 Å². The zero-order chi connectivity index (χ0) is 21.5. The molecule has 31 heavy (non-hydrogen) atoms. The summed E-state index contributed by atoms with van der Waals surface area (Å²) in [6.07, 6.45) is 3.40. The van der Waals surface area contributed by atoms with Gasteiger partial charge in [0, 0.05) is 30.3 Å². The van der Waals surface area contributed by atoms with E-state index in [4.69, 9.17) is 0 Å². The van der Waals surface area contributed by atoms with Crippen LogP contribution < -0.4 is 16.0 Å². The Balaban J connectivity index is 1.36. The molecule has 0 aliphatic heterocycles. The van der Waals surface area contributed by atoms with Gasteiger partial charge in [-0.1, -0.05) is 48.5 Å². The summed E-state index contributed by atoms with van der Waals surface area (Å²) in [4.78, 5) is 29.1. The van der Waals surface area contributed by atoms with E-state index in [2.05, 4.69) is 20.9 Å². The lowest BCUT2D eigenvalue weighted by Crippen LogP contribution is -2.26. The number of anilines is 2. The standard InChI is InChI=1S/C25H22N4O2/c30-24(29-21-12-11-19-7-1-2-8-20(19)14-21)17-27-23-10-4-3-9-22(23)25(31)28-16-18-6-5-13-26-15-18/h1-15,27H,16-17H2,(H,28,31)(H,29,30). The lowest BCUT2D eigenvalue weighted by molar-refractivity contribution is -0.114. The number of carbonyl (C=O) groups is 2. The molecule has 0 radical (unpaired) electrons. The molecule has 0 atom stereocenters. The number of rotatable bonds is 7. The van der Waals surface area contributed by atoms with Crippen LogP contribution in [0.5, 0.6) is 0 Å². The maximum absolute atomic E-state index is 12.6. The first-order valence-corrected chi connectivity index (χ1v) is 9.98. The molecular weight excluding hydrogens is 388 g/mol. The molecular formula is C25H22N4O2. The van der Waals surface area contributed by atoms with Gasteiger partial charge in [0.05, 0.1) is 12.1 Å². The Kier molecular flexibility index (Phi) is 6.18. The van der Waals surface area contributed by atoms with Crippen LogP contribution in [-0.2, 0) is 11.3 Å². The zero-order valence-electron chi connectivity index (χ0n) is 16.8. The van der Waals surface area contributed by atoms with Gasteiger partial charge in [0.1, 0.15) is 0 Å². The van der Waals surface area contributed by atoms with Gasteiger partial charge in [-0.25, -0.2) is 0 Å². The number of nitrogens with zero attached hydrogens (tertiary/aromatic N) is 1. The van der Waals surface area contributed by atoms with E-state index in [0.717, 1.165) is 22.0 Å². The number of nitrogens with one attached hydrogen (secondary N) is 3. The molecule has 4 rings (SSSR count). The SMILES string of the molecule is O=C(CNc1ccccc1C(=O)NCc1cccnc1)Nc1ccc2ccccc2c1. The average molecular weight is 410 g/mol. The largest absolute Gasteiger partial charge is 0.376 e. The van der Waals surface area contributed by atoms with Crippen molar-refractivity contribution in [1.29, 1.82) is 0 Å². The van der Waals surface area contributed by atoms with Gasteiger partial charge in [0.2, 0.25) is 5.91 Å². The molecule has 0 fully saturated rings. The van der Waals surface area contributed by atoms with E-state index < -0.39 is 0 Å². The van der Waals surface area contributed by atoms with E-state index >= 15 is 0 Å².